The van der Waals surface area contributed by atoms with Crippen molar-refractivity contribution in [2.75, 3.05) is 20.3 Å². The van der Waals surface area contributed by atoms with Crippen LogP contribution in [0.3, 0.4) is 0 Å². The predicted molar refractivity (Wildman–Crippen MR) is 64.9 cm³/mol. The van der Waals surface area contributed by atoms with Crippen LogP contribution in [0.5, 0.6) is 0 Å². The van der Waals surface area contributed by atoms with Crippen molar-refractivity contribution < 1.29 is 40.0 Å². The van der Waals surface area contributed by atoms with Crippen LogP contribution in [-0.2, 0) is 28.5 Å². The van der Waals surface area contributed by atoms with E-state index in [0.29, 0.717) is 0 Å². The van der Waals surface area contributed by atoms with Gasteiger partial charge in [0.2, 0.25) is 0 Å². The molecule has 0 amide bonds. The Labute approximate surface area is 124 Å². The van der Waals surface area contributed by atoms with E-state index in [4.69, 9.17) is 19.7 Å². The molecular formula is C9H14F3N3O6S. The van der Waals surface area contributed by atoms with E-state index >= 15 is 0 Å². The number of ether oxygens (including phenoxy) is 3. The Bertz CT molecular complexity index is 521. The second kappa shape index (κ2) is 7.44. The maximum absolute atomic E-state index is 12.4. The van der Waals surface area contributed by atoms with Crippen molar-refractivity contribution in [2.24, 2.45) is 5.11 Å². The van der Waals surface area contributed by atoms with Crippen molar-refractivity contribution >= 4 is 10.1 Å². The van der Waals surface area contributed by atoms with Crippen LogP contribution in [0.15, 0.2) is 5.11 Å². The third-order valence-electron chi connectivity index (χ3n) is 2.70. The smallest absolute Gasteiger partial charge is 0.373 e. The average molecular weight is 349 g/mol. The normalized spacial score (nSPS) is 29.3. The summed E-state index contributed by atoms with van der Waals surface area (Å²) in [5, 5.41) is 3.23. The lowest BCUT2D eigenvalue weighted by atomic mass is 10.1. The molecule has 1 unspecified atom stereocenters. The largest absolute Gasteiger partial charge is 0.523 e. The number of hydrogen-bond acceptors (Lipinski definition) is 7. The first-order chi connectivity index (χ1) is 10.2. The van der Waals surface area contributed by atoms with Crippen molar-refractivity contribution in [3.63, 3.8) is 0 Å². The summed E-state index contributed by atoms with van der Waals surface area (Å²) in [5.74, 6) is 0. The van der Waals surface area contributed by atoms with Gasteiger partial charge in [-0.15, -0.1) is 0 Å². The number of rotatable bonds is 7. The van der Waals surface area contributed by atoms with Gasteiger partial charge in [0, 0.05) is 18.6 Å². The second-order valence-electron chi connectivity index (χ2n) is 4.07. The van der Waals surface area contributed by atoms with E-state index in [9.17, 15) is 21.6 Å². The summed E-state index contributed by atoms with van der Waals surface area (Å²) in [5.41, 5.74) is 2.69. The van der Waals surface area contributed by atoms with Crippen molar-refractivity contribution in [3.05, 3.63) is 10.4 Å². The van der Waals surface area contributed by atoms with Crippen LogP contribution in [0.4, 0.5) is 13.2 Å². The first-order valence-corrected chi connectivity index (χ1v) is 7.39. The lowest BCUT2D eigenvalue weighted by Crippen LogP contribution is -2.42. The summed E-state index contributed by atoms with van der Waals surface area (Å²) in [7, 11) is -4.77. The Balaban J connectivity index is 3.03. The van der Waals surface area contributed by atoms with E-state index in [1.807, 2.05) is 0 Å². The minimum Gasteiger partial charge on any atom is -0.373 e. The van der Waals surface area contributed by atoms with Crippen LogP contribution in [-0.4, -0.2) is 58.8 Å². The lowest BCUT2D eigenvalue weighted by molar-refractivity contribution is -0.144. The van der Waals surface area contributed by atoms with E-state index < -0.39 is 40.2 Å². The highest BCUT2D eigenvalue weighted by molar-refractivity contribution is 7.87. The molecule has 1 saturated heterocycles. The summed E-state index contributed by atoms with van der Waals surface area (Å²) in [6, 6.07) is 0. The first kappa shape index (κ1) is 18.9. The average Bonchev–Trinajstić information content (AvgIpc) is 2.73. The summed E-state index contributed by atoms with van der Waals surface area (Å²) in [6.07, 6.45) is -5.32. The number of hydrogen-bond donors (Lipinski definition) is 0. The van der Waals surface area contributed by atoms with Gasteiger partial charge in [-0.2, -0.15) is 21.6 Å². The topological polar surface area (TPSA) is 120 Å². The molecule has 0 spiro atoms. The Kier molecular flexibility index (Phi) is 6.40. The second-order valence-corrected chi connectivity index (χ2v) is 5.64. The van der Waals surface area contributed by atoms with Crippen molar-refractivity contribution in [2.45, 2.75) is 37.0 Å². The summed E-state index contributed by atoms with van der Waals surface area (Å²) in [6.45, 7) is 1.30. The van der Waals surface area contributed by atoms with Gasteiger partial charge in [-0.25, -0.2) is 0 Å². The highest BCUT2D eigenvalue weighted by Gasteiger charge is 2.55. The fourth-order valence-corrected chi connectivity index (χ4v) is 2.44. The monoisotopic (exact) mass is 349 g/mol. The van der Waals surface area contributed by atoms with E-state index in [0.717, 1.165) is 7.11 Å². The van der Waals surface area contributed by atoms with Gasteiger partial charge in [0.1, 0.15) is 6.10 Å². The molecule has 0 bridgehead atoms. The third kappa shape index (κ3) is 4.21. The summed E-state index contributed by atoms with van der Waals surface area (Å²) in [4.78, 5) is 2.49. The molecule has 9 nitrogen and oxygen atoms in total. The van der Waals surface area contributed by atoms with E-state index in [1.165, 1.54) is 0 Å². The molecule has 0 aromatic carbocycles. The van der Waals surface area contributed by atoms with E-state index in [1.54, 1.807) is 6.92 Å². The molecule has 22 heavy (non-hydrogen) atoms. The highest BCUT2D eigenvalue weighted by atomic mass is 32.2. The molecule has 0 saturated carbocycles. The number of nitrogens with zero attached hydrogens (tertiary/aromatic N) is 3. The SMILES string of the molecule is CCO[C@H]1[C@@H](CN=[N+]=[N-])OC(OC)[C@@H]1OS(=O)(=O)C(F)(F)F. The zero-order valence-electron chi connectivity index (χ0n) is 11.6. The van der Waals surface area contributed by atoms with Crippen LogP contribution < -0.4 is 0 Å². The van der Waals surface area contributed by atoms with Gasteiger partial charge >= 0.3 is 15.6 Å². The molecule has 0 aromatic heterocycles. The number of methoxy groups -OCH3 is 1. The predicted octanol–water partition coefficient (Wildman–Crippen LogP) is 1.31. The van der Waals surface area contributed by atoms with Crippen molar-refractivity contribution in [1.29, 1.82) is 0 Å². The van der Waals surface area contributed by atoms with Gasteiger partial charge in [0.25, 0.3) is 0 Å². The number of halogens is 3. The van der Waals surface area contributed by atoms with Crippen LogP contribution in [0, 0.1) is 0 Å². The van der Waals surface area contributed by atoms with Gasteiger partial charge in [-0.05, 0) is 12.5 Å². The minimum atomic E-state index is -5.86. The maximum Gasteiger partial charge on any atom is 0.523 e. The highest BCUT2D eigenvalue weighted by Crippen LogP contribution is 2.33. The van der Waals surface area contributed by atoms with Gasteiger partial charge in [0.15, 0.2) is 12.4 Å². The molecule has 1 heterocycles. The molecule has 0 N–H and O–H groups in total. The van der Waals surface area contributed by atoms with Crippen LogP contribution in [0.25, 0.3) is 10.4 Å². The van der Waals surface area contributed by atoms with E-state index in [2.05, 4.69) is 14.2 Å². The lowest BCUT2D eigenvalue weighted by Gasteiger charge is -2.23. The van der Waals surface area contributed by atoms with Crippen LogP contribution in [0.1, 0.15) is 6.92 Å². The molecule has 1 fully saturated rings. The van der Waals surface area contributed by atoms with Gasteiger partial charge in [0.05, 0.1) is 12.6 Å². The first-order valence-electron chi connectivity index (χ1n) is 5.98. The number of alkyl halides is 3. The zero-order valence-corrected chi connectivity index (χ0v) is 12.4. The molecule has 1 aliphatic heterocycles. The molecule has 13 heteroatoms. The Hall–Kier alpha value is -1.11. The molecule has 0 radical (unpaired) electrons. The van der Waals surface area contributed by atoms with E-state index in [-0.39, 0.29) is 13.2 Å². The molecule has 1 aliphatic rings. The van der Waals surface area contributed by atoms with Gasteiger partial charge < -0.3 is 14.2 Å². The molecule has 0 aliphatic carbocycles. The van der Waals surface area contributed by atoms with Crippen LogP contribution in [0.2, 0.25) is 0 Å². The molecule has 128 valence electrons. The maximum atomic E-state index is 12.4. The zero-order chi connectivity index (χ0) is 17.0. The summed E-state index contributed by atoms with van der Waals surface area (Å²) < 4.78 is 78.9. The molecule has 4 atom stereocenters. The van der Waals surface area contributed by atoms with Crippen molar-refractivity contribution in [3.8, 4) is 0 Å². The molecule has 1 rings (SSSR count). The fourth-order valence-electron chi connectivity index (χ4n) is 1.84. The van der Waals surface area contributed by atoms with Gasteiger partial charge in [-0.3, -0.25) is 4.18 Å². The molecular weight excluding hydrogens is 335 g/mol. The van der Waals surface area contributed by atoms with Crippen molar-refractivity contribution in [1.82, 2.24) is 0 Å². The third-order valence-corrected chi connectivity index (χ3v) is 3.75. The summed E-state index contributed by atoms with van der Waals surface area (Å²) >= 11 is 0. The Morgan fingerprint density at radius 2 is 2.00 bits per heavy atom. The van der Waals surface area contributed by atoms with Crippen LogP contribution >= 0.6 is 0 Å². The fraction of sp³-hybridized carbons (Fsp3) is 1.00. The minimum absolute atomic E-state index is 0.0448. The molecule has 0 aromatic rings. The standard InChI is InChI=1S/C9H14F3N3O6S/c1-3-19-6-5(4-14-15-13)20-8(18-2)7(6)21-22(16,17)9(10,11)12/h5-8H,3-4H2,1-2H3/t5-,6+,7-,8?/m1/s1. The Morgan fingerprint density at radius 1 is 1.36 bits per heavy atom. The Morgan fingerprint density at radius 3 is 2.45 bits per heavy atom. The number of azide groups is 1. The van der Waals surface area contributed by atoms with Gasteiger partial charge in [-0.1, -0.05) is 5.11 Å². The quantitative estimate of drug-likeness (QED) is 0.225.